The van der Waals surface area contributed by atoms with Crippen molar-refractivity contribution in [2.45, 2.75) is 24.8 Å². The van der Waals surface area contributed by atoms with E-state index in [2.05, 4.69) is 22.5 Å². The molecule has 1 N–H and O–H groups in total. The van der Waals surface area contributed by atoms with Crippen LogP contribution in [0, 0.1) is 0 Å². The predicted molar refractivity (Wildman–Crippen MR) is 88.1 cm³/mol. The largest absolute Gasteiger partial charge is 0.381 e. The molecule has 1 aliphatic heterocycles. The summed E-state index contributed by atoms with van der Waals surface area (Å²) < 4.78 is 7.40. The van der Waals surface area contributed by atoms with E-state index >= 15 is 0 Å². The fourth-order valence-electron chi connectivity index (χ4n) is 3.14. The van der Waals surface area contributed by atoms with Crippen LogP contribution in [0.5, 0.6) is 0 Å². The first-order valence-electron chi connectivity index (χ1n) is 7.70. The van der Waals surface area contributed by atoms with Gasteiger partial charge in [0, 0.05) is 55.5 Å². The van der Waals surface area contributed by atoms with Gasteiger partial charge in [0.25, 0.3) is 0 Å². The number of aryl methyl sites for hydroxylation is 1. The van der Waals surface area contributed by atoms with E-state index in [4.69, 9.17) is 16.3 Å². The first kappa shape index (κ1) is 15.5. The summed E-state index contributed by atoms with van der Waals surface area (Å²) in [5, 5.41) is 8.59. The standard InChI is InChI=1S/C17H22ClN3O/c1-21-12-14(11-20-21)10-19-13-17(6-8-22-9-7-17)15-2-4-16(18)5-3-15/h2-5,11-12,19H,6-10,13H2,1H3. The van der Waals surface area contributed by atoms with Crippen LogP contribution in [0.4, 0.5) is 0 Å². The molecule has 1 saturated heterocycles. The Bertz CT molecular complexity index is 603. The van der Waals surface area contributed by atoms with E-state index in [1.165, 1.54) is 11.1 Å². The number of nitrogens with zero attached hydrogens (tertiary/aromatic N) is 2. The van der Waals surface area contributed by atoms with Crippen molar-refractivity contribution in [3.05, 3.63) is 52.8 Å². The smallest absolute Gasteiger partial charge is 0.0534 e. The highest BCUT2D eigenvalue weighted by Crippen LogP contribution is 2.34. The third kappa shape index (κ3) is 3.51. The van der Waals surface area contributed by atoms with Gasteiger partial charge in [-0.25, -0.2) is 0 Å². The predicted octanol–water partition coefficient (Wildman–Crippen LogP) is 2.91. The molecule has 22 heavy (non-hydrogen) atoms. The molecule has 0 aliphatic carbocycles. The Hall–Kier alpha value is -1.36. The molecule has 2 aromatic rings. The topological polar surface area (TPSA) is 39.1 Å². The molecular weight excluding hydrogens is 298 g/mol. The zero-order chi connectivity index (χ0) is 15.4. The highest BCUT2D eigenvalue weighted by atomic mass is 35.5. The van der Waals surface area contributed by atoms with Gasteiger partial charge < -0.3 is 10.1 Å². The van der Waals surface area contributed by atoms with Gasteiger partial charge in [-0.05, 0) is 30.5 Å². The van der Waals surface area contributed by atoms with Crippen molar-refractivity contribution < 1.29 is 4.74 Å². The van der Waals surface area contributed by atoms with E-state index in [0.29, 0.717) is 0 Å². The molecular formula is C17H22ClN3O. The van der Waals surface area contributed by atoms with Crippen LogP contribution >= 0.6 is 11.6 Å². The zero-order valence-corrected chi connectivity index (χ0v) is 13.6. The first-order valence-corrected chi connectivity index (χ1v) is 8.08. The van der Waals surface area contributed by atoms with Gasteiger partial charge in [0.1, 0.15) is 0 Å². The van der Waals surface area contributed by atoms with Gasteiger partial charge in [-0.1, -0.05) is 23.7 Å². The fraction of sp³-hybridized carbons (Fsp3) is 0.471. The second-order valence-corrected chi connectivity index (χ2v) is 6.46. The third-order valence-corrected chi connectivity index (χ3v) is 4.71. The van der Waals surface area contributed by atoms with Crippen molar-refractivity contribution in [2.24, 2.45) is 7.05 Å². The maximum absolute atomic E-state index is 6.03. The van der Waals surface area contributed by atoms with Crippen molar-refractivity contribution in [3.63, 3.8) is 0 Å². The van der Waals surface area contributed by atoms with Crippen molar-refractivity contribution in [1.82, 2.24) is 15.1 Å². The first-order chi connectivity index (χ1) is 10.7. The number of rotatable bonds is 5. The molecule has 2 heterocycles. The number of benzene rings is 1. The molecule has 5 heteroatoms. The number of ether oxygens (including phenoxy) is 1. The minimum atomic E-state index is 0.130. The van der Waals surface area contributed by atoms with Crippen LogP contribution in [0.3, 0.4) is 0 Å². The van der Waals surface area contributed by atoms with E-state index in [0.717, 1.165) is 44.2 Å². The number of hydrogen-bond donors (Lipinski definition) is 1. The second kappa shape index (κ2) is 6.82. The summed E-state index contributed by atoms with van der Waals surface area (Å²) in [7, 11) is 1.94. The average molecular weight is 320 g/mol. The van der Waals surface area contributed by atoms with E-state index in [-0.39, 0.29) is 5.41 Å². The lowest BCUT2D eigenvalue weighted by Gasteiger charge is -2.38. The zero-order valence-electron chi connectivity index (χ0n) is 12.9. The second-order valence-electron chi connectivity index (χ2n) is 6.03. The molecule has 0 atom stereocenters. The van der Waals surface area contributed by atoms with E-state index in [9.17, 15) is 0 Å². The number of halogens is 1. The molecule has 1 aromatic heterocycles. The quantitative estimate of drug-likeness (QED) is 0.921. The average Bonchev–Trinajstić information content (AvgIpc) is 2.94. The van der Waals surface area contributed by atoms with Crippen LogP contribution in [0.15, 0.2) is 36.7 Å². The van der Waals surface area contributed by atoms with Crippen LogP contribution in [0.1, 0.15) is 24.0 Å². The van der Waals surface area contributed by atoms with Crippen molar-refractivity contribution in [2.75, 3.05) is 19.8 Å². The van der Waals surface area contributed by atoms with Crippen LogP contribution < -0.4 is 5.32 Å². The van der Waals surface area contributed by atoms with E-state index in [1.807, 2.05) is 36.3 Å². The van der Waals surface area contributed by atoms with Crippen molar-refractivity contribution >= 4 is 11.6 Å². The Morgan fingerprint density at radius 2 is 2.00 bits per heavy atom. The molecule has 118 valence electrons. The lowest BCUT2D eigenvalue weighted by molar-refractivity contribution is 0.0498. The van der Waals surface area contributed by atoms with Gasteiger partial charge in [0.05, 0.1) is 6.20 Å². The number of hydrogen-bond acceptors (Lipinski definition) is 3. The Morgan fingerprint density at radius 1 is 1.27 bits per heavy atom. The van der Waals surface area contributed by atoms with Crippen LogP contribution in [0.2, 0.25) is 5.02 Å². The fourth-order valence-corrected chi connectivity index (χ4v) is 3.27. The van der Waals surface area contributed by atoms with Gasteiger partial charge >= 0.3 is 0 Å². The van der Waals surface area contributed by atoms with Gasteiger partial charge in [0.2, 0.25) is 0 Å². The van der Waals surface area contributed by atoms with Crippen LogP contribution in [-0.2, 0) is 23.7 Å². The van der Waals surface area contributed by atoms with Gasteiger partial charge in [-0.2, -0.15) is 5.10 Å². The van der Waals surface area contributed by atoms with Gasteiger partial charge in [0.15, 0.2) is 0 Å². The molecule has 3 rings (SSSR count). The molecule has 0 spiro atoms. The summed E-state index contributed by atoms with van der Waals surface area (Å²) in [4.78, 5) is 0. The Kier molecular flexibility index (Phi) is 4.81. The molecule has 4 nitrogen and oxygen atoms in total. The summed E-state index contributed by atoms with van der Waals surface area (Å²) in [6.07, 6.45) is 6.03. The Morgan fingerprint density at radius 3 is 2.64 bits per heavy atom. The minimum Gasteiger partial charge on any atom is -0.381 e. The molecule has 1 aromatic carbocycles. The lowest BCUT2D eigenvalue weighted by Crippen LogP contribution is -2.42. The lowest BCUT2D eigenvalue weighted by atomic mass is 9.74. The van der Waals surface area contributed by atoms with Crippen molar-refractivity contribution in [1.29, 1.82) is 0 Å². The molecule has 1 aliphatic rings. The summed E-state index contributed by atoms with van der Waals surface area (Å²) in [6.45, 7) is 3.41. The monoisotopic (exact) mass is 319 g/mol. The van der Waals surface area contributed by atoms with Crippen LogP contribution in [0.25, 0.3) is 0 Å². The normalized spacial score (nSPS) is 17.5. The van der Waals surface area contributed by atoms with Gasteiger partial charge in [-0.3, -0.25) is 4.68 Å². The molecule has 0 amide bonds. The summed E-state index contributed by atoms with van der Waals surface area (Å²) in [5.41, 5.74) is 2.69. The van der Waals surface area contributed by atoms with Gasteiger partial charge in [-0.15, -0.1) is 0 Å². The van der Waals surface area contributed by atoms with Crippen LogP contribution in [-0.4, -0.2) is 29.5 Å². The third-order valence-electron chi connectivity index (χ3n) is 4.46. The summed E-state index contributed by atoms with van der Waals surface area (Å²) in [5.74, 6) is 0. The van der Waals surface area contributed by atoms with E-state index in [1.54, 1.807) is 0 Å². The number of aromatic nitrogens is 2. The molecule has 0 saturated carbocycles. The minimum absolute atomic E-state index is 0.130. The summed E-state index contributed by atoms with van der Waals surface area (Å²) in [6, 6.07) is 8.27. The Balaban J connectivity index is 1.70. The Labute approximate surface area is 136 Å². The van der Waals surface area contributed by atoms with Crippen molar-refractivity contribution in [3.8, 4) is 0 Å². The maximum Gasteiger partial charge on any atom is 0.0534 e. The molecule has 0 radical (unpaired) electrons. The SMILES string of the molecule is Cn1cc(CNCC2(c3ccc(Cl)cc3)CCOCC2)cn1. The summed E-state index contributed by atoms with van der Waals surface area (Å²) >= 11 is 6.03. The maximum atomic E-state index is 6.03. The highest BCUT2D eigenvalue weighted by molar-refractivity contribution is 6.30. The number of nitrogens with one attached hydrogen (secondary N) is 1. The highest BCUT2D eigenvalue weighted by Gasteiger charge is 2.34. The molecule has 1 fully saturated rings. The molecule has 0 bridgehead atoms. The molecule has 0 unspecified atom stereocenters. The van der Waals surface area contributed by atoms with E-state index < -0.39 is 0 Å².